The fourth-order valence-corrected chi connectivity index (χ4v) is 8.06. The van der Waals surface area contributed by atoms with Gasteiger partial charge in [0.1, 0.15) is 18.1 Å². The molecule has 1 aromatic carbocycles. The van der Waals surface area contributed by atoms with E-state index in [1.165, 1.54) is 25.3 Å². The number of halogens is 4. The molecule has 41 heavy (non-hydrogen) atoms. The first-order chi connectivity index (χ1) is 19.5. The number of rotatable bonds is 7. The van der Waals surface area contributed by atoms with E-state index < -0.39 is 30.4 Å². The van der Waals surface area contributed by atoms with Gasteiger partial charge >= 0.3 is 12.3 Å². The van der Waals surface area contributed by atoms with Crippen LogP contribution < -0.4 is 5.32 Å². The van der Waals surface area contributed by atoms with E-state index in [9.17, 15) is 27.2 Å². The van der Waals surface area contributed by atoms with E-state index in [0.29, 0.717) is 50.1 Å². The van der Waals surface area contributed by atoms with Crippen LogP contribution in [0.15, 0.2) is 24.3 Å². The monoisotopic (exact) mass is 577 g/mol. The summed E-state index contributed by atoms with van der Waals surface area (Å²) in [6, 6.07) is 5.93. The van der Waals surface area contributed by atoms with E-state index in [0.717, 1.165) is 42.9 Å². The van der Waals surface area contributed by atoms with E-state index in [1.54, 1.807) is 11.0 Å². The SMILES string of the molecule is COC(=O)N1CCc2nc(C)n(C3CC4N(CC[C@H](NC(=O)CC(F)(F)F)c5cccc(F)c5)C5CCC54C3)c2C1. The van der Waals surface area contributed by atoms with Gasteiger partial charge in [-0.05, 0) is 56.7 Å². The number of piperidine rings is 1. The van der Waals surface area contributed by atoms with Crippen molar-refractivity contribution in [3.8, 4) is 0 Å². The number of carbonyl (C=O) groups is 2. The second-order valence-corrected chi connectivity index (χ2v) is 12.0. The van der Waals surface area contributed by atoms with Crippen molar-refractivity contribution in [1.29, 1.82) is 0 Å². The molecule has 0 radical (unpaired) electrons. The maximum absolute atomic E-state index is 14.0. The third-order valence-electron chi connectivity index (χ3n) is 9.77. The van der Waals surface area contributed by atoms with E-state index in [-0.39, 0.29) is 17.6 Å². The molecule has 1 saturated heterocycles. The van der Waals surface area contributed by atoms with Crippen molar-refractivity contribution in [3.05, 3.63) is 52.9 Å². The van der Waals surface area contributed by atoms with E-state index in [1.807, 2.05) is 6.92 Å². The topological polar surface area (TPSA) is 79.7 Å². The third kappa shape index (κ3) is 4.97. The van der Waals surface area contributed by atoms with Crippen LogP contribution in [0.1, 0.15) is 73.4 Å². The average Bonchev–Trinajstić information content (AvgIpc) is 3.44. The van der Waals surface area contributed by atoms with E-state index >= 15 is 0 Å². The normalized spacial score (nSPS) is 27.7. The van der Waals surface area contributed by atoms with Gasteiger partial charge in [-0.2, -0.15) is 13.2 Å². The second kappa shape index (κ2) is 10.3. The molecule has 2 saturated carbocycles. The molecule has 2 amide bonds. The number of aromatic nitrogens is 2. The summed E-state index contributed by atoms with van der Waals surface area (Å²) in [5, 5.41) is 2.51. The lowest BCUT2D eigenvalue weighted by atomic mass is 9.53. The second-order valence-electron chi connectivity index (χ2n) is 12.0. The Hall–Kier alpha value is -3.15. The first-order valence-electron chi connectivity index (χ1n) is 14.3. The van der Waals surface area contributed by atoms with Gasteiger partial charge in [0.2, 0.25) is 5.91 Å². The van der Waals surface area contributed by atoms with E-state index in [4.69, 9.17) is 9.72 Å². The van der Waals surface area contributed by atoms with Gasteiger partial charge in [0, 0.05) is 43.1 Å². The molecule has 2 aliphatic heterocycles. The average molecular weight is 578 g/mol. The number of hydrogen-bond acceptors (Lipinski definition) is 5. The molecule has 3 fully saturated rings. The van der Waals surface area contributed by atoms with Crippen LogP contribution in [0.25, 0.3) is 0 Å². The summed E-state index contributed by atoms with van der Waals surface area (Å²) in [6.07, 6.45) is -1.31. The minimum Gasteiger partial charge on any atom is -0.453 e. The van der Waals surface area contributed by atoms with Crippen LogP contribution in [0.5, 0.6) is 0 Å². The molecule has 2 aliphatic carbocycles. The van der Waals surface area contributed by atoms with E-state index in [2.05, 4.69) is 14.8 Å². The van der Waals surface area contributed by atoms with Gasteiger partial charge in [-0.1, -0.05) is 12.1 Å². The molecule has 1 N–H and O–H groups in total. The van der Waals surface area contributed by atoms with Gasteiger partial charge in [0.15, 0.2) is 0 Å². The molecule has 5 atom stereocenters. The van der Waals surface area contributed by atoms with Gasteiger partial charge in [-0.3, -0.25) is 9.69 Å². The minimum absolute atomic E-state index is 0.207. The molecule has 1 aromatic heterocycles. The predicted octanol–water partition coefficient (Wildman–Crippen LogP) is 4.82. The molecule has 4 aliphatic rings. The smallest absolute Gasteiger partial charge is 0.409 e. The van der Waals surface area contributed by atoms with Crippen LogP contribution in [0.3, 0.4) is 0 Å². The van der Waals surface area contributed by atoms with Crippen molar-refractivity contribution >= 4 is 12.0 Å². The first-order valence-corrected chi connectivity index (χ1v) is 14.3. The number of hydrogen-bond donors (Lipinski definition) is 1. The maximum Gasteiger partial charge on any atom is 0.409 e. The van der Waals surface area contributed by atoms with Crippen molar-refractivity contribution < 1.29 is 31.9 Å². The van der Waals surface area contributed by atoms with Crippen LogP contribution in [-0.4, -0.2) is 69.8 Å². The highest BCUT2D eigenvalue weighted by atomic mass is 19.4. The Labute approximate surface area is 236 Å². The molecule has 222 valence electrons. The van der Waals surface area contributed by atoms with Crippen molar-refractivity contribution in [2.24, 2.45) is 5.41 Å². The number of imidazole rings is 1. The summed E-state index contributed by atoms with van der Waals surface area (Å²) < 4.78 is 59.8. The standard InChI is InChI=1S/C29H35F4N5O3/c1-17-34-22-7-10-36(27(40)41-2)16-23(22)38(17)20-13-25-28(14-20)9-6-24(28)37(25)11-8-21(18-4-3-5-19(30)12-18)35-26(39)15-29(31,32)33/h3-5,12,20-21,24-25H,6-11,13-16H2,1-2H3,(H,35,39)/t20?,21-,24?,25?,28?/m0/s1. The summed E-state index contributed by atoms with van der Waals surface area (Å²) in [7, 11) is 1.39. The summed E-state index contributed by atoms with van der Waals surface area (Å²) in [5.74, 6) is -0.663. The number of nitrogens with zero attached hydrogens (tertiary/aromatic N) is 4. The fourth-order valence-electron chi connectivity index (χ4n) is 8.06. The zero-order valence-corrected chi connectivity index (χ0v) is 23.2. The number of alkyl halides is 3. The number of carbonyl (C=O) groups excluding carboxylic acids is 2. The Morgan fingerprint density at radius 3 is 2.76 bits per heavy atom. The van der Waals surface area contributed by atoms with Crippen LogP contribution >= 0.6 is 0 Å². The number of ether oxygens (including phenoxy) is 1. The number of nitrogens with one attached hydrogen (secondary N) is 1. The fraction of sp³-hybridized carbons (Fsp3) is 0.621. The Balaban J connectivity index is 1.17. The number of methoxy groups -OCH3 is 1. The first kappa shape index (κ1) is 28.0. The van der Waals surface area contributed by atoms with Gasteiger partial charge in [0.25, 0.3) is 0 Å². The highest BCUT2D eigenvalue weighted by molar-refractivity contribution is 5.77. The minimum atomic E-state index is -4.61. The Morgan fingerprint density at radius 2 is 2.07 bits per heavy atom. The predicted molar refractivity (Wildman–Crippen MR) is 140 cm³/mol. The van der Waals surface area contributed by atoms with Crippen molar-refractivity contribution in [1.82, 2.24) is 24.7 Å². The largest absolute Gasteiger partial charge is 0.453 e. The van der Waals surface area contributed by atoms with Crippen LogP contribution in [-0.2, 0) is 22.5 Å². The number of fused-ring (bicyclic) bond motifs is 1. The van der Waals surface area contributed by atoms with Gasteiger partial charge in [-0.25, -0.2) is 14.2 Å². The zero-order chi connectivity index (χ0) is 29.1. The van der Waals surface area contributed by atoms with Crippen molar-refractivity contribution in [2.45, 2.75) is 88.8 Å². The van der Waals surface area contributed by atoms with Crippen molar-refractivity contribution in [3.63, 3.8) is 0 Å². The molecular formula is C29H35F4N5O3. The molecule has 3 heterocycles. The number of aryl methyl sites for hydroxylation is 1. The van der Waals surface area contributed by atoms with Crippen LogP contribution in [0.4, 0.5) is 22.4 Å². The molecule has 12 heteroatoms. The molecule has 8 nitrogen and oxygen atoms in total. The zero-order valence-electron chi connectivity index (χ0n) is 23.2. The number of likely N-dealkylation sites (tertiary alicyclic amines) is 1. The molecular weight excluding hydrogens is 542 g/mol. The summed E-state index contributed by atoms with van der Waals surface area (Å²) in [4.78, 5) is 33.4. The quantitative estimate of drug-likeness (QED) is 0.478. The Kier molecular flexibility index (Phi) is 7.02. The molecule has 0 bridgehead atoms. The molecule has 2 aromatic rings. The Bertz CT molecular complexity index is 1350. The highest BCUT2D eigenvalue weighted by Gasteiger charge is 2.69. The van der Waals surface area contributed by atoms with Gasteiger partial charge in [-0.15, -0.1) is 0 Å². The third-order valence-corrected chi connectivity index (χ3v) is 9.77. The molecule has 1 spiro atoms. The summed E-state index contributed by atoms with van der Waals surface area (Å²) >= 11 is 0. The Morgan fingerprint density at radius 1 is 1.27 bits per heavy atom. The summed E-state index contributed by atoms with van der Waals surface area (Å²) in [5.41, 5.74) is 2.77. The van der Waals surface area contributed by atoms with Crippen molar-refractivity contribution in [2.75, 3.05) is 20.2 Å². The lowest BCUT2D eigenvalue weighted by molar-refractivity contribution is -0.188. The van der Waals surface area contributed by atoms with Gasteiger partial charge in [0.05, 0.1) is 31.1 Å². The van der Waals surface area contributed by atoms with Gasteiger partial charge < -0.3 is 19.5 Å². The van der Waals surface area contributed by atoms with Crippen LogP contribution in [0.2, 0.25) is 0 Å². The number of benzene rings is 1. The molecule has 6 rings (SSSR count). The highest BCUT2D eigenvalue weighted by Crippen LogP contribution is 2.67. The lowest BCUT2D eigenvalue weighted by Crippen LogP contribution is -2.74. The lowest BCUT2D eigenvalue weighted by Gasteiger charge is -2.68. The number of amides is 2. The summed E-state index contributed by atoms with van der Waals surface area (Å²) in [6.45, 7) is 3.66. The molecule has 4 unspecified atom stereocenters. The maximum atomic E-state index is 14.0. The van der Waals surface area contributed by atoms with Crippen LogP contribution in [0, 0.1) is 18.2 Å².